The first kappa shape index (κ1) is 19.7. The highest BCUT2D eigenvalue weighted by Crippen LogP contribution is 2.24. The number of nitrogens with one attached hydrogen (secondary N) is 1. The van der Waals surface area contributed by atoms with Gasteiger partial charge < -0.3 is 10.1 Å². The van der Waals surface area contributed by atoms with E-state index in [1.807, 2.05) is 0 Å². The molecule has 0 heterocycles. The topological polar surface area (TPSA) is 75.7 Å². The molecule has 0 bridgehead atoms. The number of nitrogens with zero attached hydrogens (tertiary/aromatic N) is 1. The summed E-state index contributed by atoms with van der Waals surface area (Å²) in [5, 5.41) is 2.49. The summed E-state index contributed by atoms with van der Waals surface area (Å²) in [4.78, 5) is 11.7. The second kappa shape index (κ2) is 9.05. The summed E-state index contributed by atoms with van der Waals surface area (Å²) in [5.41, 5.74) is 0.214. The van der Waals surface area contributed by atoms with E-state index in [-0.39, 0.29) is 29.6 Å². The highest BCUT2D eigenvalue weighted by Gasteiger charge is 2.19. The average Bonchev–Trinajstić information content (AvgIpc) is 2.46. The second-order valence-corrected chi connectivity index (χ2v) is 7.19. The first-order chi connectivity index (χ1) is 10.8. The summed E-state index contributed by atoms with van der Waals surface area (Å²) in [5.74, 6) is -0.914. The molecule has 0 unspecified atom stereocenters. The zero-order chi connectivity index (χ0) is 17.5. The molecule has 23 heavy (non-hydrogen) atoms. The van der Waals surface area contributed by atoms with Crippen molar-refractivity contribution in [3.63, 3.8) is 0 Å². The van der Waals surface area contributed by atoms with Crippen LogP contribution >= 0.6 is 11.6 Å². The number of anilines is 1. The third-order valence-corrected chi connectivity index (χ3v) is 4.46. The van der Waals surface area contributed by atoms with Crippen LogP contribution in [0.4, 0.5) is 10.1 Å². The first-order valence-corrected chi connectivity index (χ1v) is 9.16. The molecule has 130 valence electrons. The van der Waals surface area contributed by atoms with E-state index in [1.54, 1.807) is 7.11 Å². The average molecular weight is 367 g/mol. The van der Waals surface area contributed by atoms with E-state index in [2.05, 4.69) is 5.32 Å². The lowest BCUT2D eigenvalue weighted by molar-refractivity contribution is -0.120. The molecular formula is C14H20ClFN2O4S. The molecule has 9 heteroatoms. The van der Waals surface area contributed by atoms with Crippen molar-refractivity contribution in [2.75, 3.05) is 37.4 Å². The van der Waals surface area contributed by atoms with Crippen molar-refractivity contribution in [1.82, 2.24) is 5.32 Å². The number of rotatable bonds is 9. The molecular weight excluding hydrogens is 347 g/mol. The van der Waals surface area contributed by atoms with Crippen LogP contribution < -0.4 is 9.62 Å². The van der Waals surface area contributed by atoms with Gasteiger partial charge in [-0.05, 0) is 24.6 Å². The lowest BCUT2D eigenvalue weighted by atomic mass is 10.3. The predicted molar refractivity (Wildman–Crippen MR) is 87.7 cm³/mol. The highest BCUT2D eigenvalue weighted by atomic mass is 35.5. The smallest absolute Gasteiger partial charge is 0.232 e. The Morgan fingerprint density at radius 3 is 2.70 bits per heavy atom. The SMILES string of the molecule is COCCCNC(=O)CCN(c1ccc(F)c(Cl)c1)S(C)(=O)=O. The summed E-state index contributed by atoms with van der Waals surface area (Å²) in [7, 11) is -2.05. The summed E-state index contributed by atoms with van der Waals surface area (Å²) < 4.78 is 42.8. The normalized spacial score (nSPS) is 11.3. The molecule has 0 atom stereocenters. The van der Waals surface area contributed by atoms with Gasteiger partial charge in [0.1, 0.15) is 5.82 Å². The lowest BCUT2D eigenvalue weighted by Crippen LogP contribution is -2.35. The maximum Gasteiger partial charge on any atom is 0.232 e. The molecule has 1 N–H and O–H groups in total. The van der Waals surface area contributed by atoms with Gasteiger partial charge in [-0.25, -0.2) is 12.8 Å². The number of halogens is 2. The van der Waals surface area contributed by atoms with E-state index in [1.165, 1.54) is 12.1 Å². The molecule has 1 rings (SSSR count). The van der Waals surface area contributed by atoms with Gasteiger partial charge >= 0.3 is 0 Å². The lowest BCUT2D eigenvalue weighted by Gasteiger charge is -2.22. The monoisotopic (exact) mass is 366 g/mol. The molecule has 0 aliphatic rings. The summed E-state index contributed by atoms with van der Waals surface area (Å²) >= 11 is 5.68. The molecule has 1 aromatic rings. The third-order valence-electron chi connectivity index (χ3n) is 2.98. The standard InChI is InChI=1S/C14H20ClFN2O4S/c1-22-9-3-7-17-14(19)6-8-18(23(2,20)21)11-4-5-13(16)12(15)10-11/h4-5,10H,3,6-9H2,1-2H3,(H,17,19). The molecule has 0 spiro atoms. The van der Waals surface area contributed by atoms with Gasteiger partial charge in [0.2, 0.25) is 15.9 Å². The Kier molecular flexibility index (Phi) is 7.74. The minimum atomic E-state index is -3.62. The molecule has 0 aliphatic heterocycles. The van der Waals surface area contributed by atoms with Crippen molar-refractivity contribution in [3.05, 3.63) is 29.0 Å². The first-order valence-electron chi connectivity index (χ1n) is 6.94. The van der Waals surface area contributed by atoms with Gasteiger partial charge in [0.25, 0.3) is 0 Å². The maximum absolute atomic E-state index is 13.2. The zero-order valence-electron chi connectivity index (χ0n) is 13.0. The minimum Gasteiger partial charge on any atom is -0.385 e. The van der Waals surface area contributed by atoms with Gasteiger partial charge in [0, 0.05) is 33.2 Å². The Hall–Kier alpha value is -1.38. The molecule has 0 aliphatic carbocycles. The number of carbonyl (C=O) groups is 1. The Morgan fingerprint density at radius 2 is 2.13 bits per heavy atom. The van der Waals surface area contributed by atoms with E-state index in [0.717, 1.165) is 16.6 Å². The van der Waals surface area contributed by atoms with Crippen LogP contribution in [0.25, 0.3) is 0 Å². The van der Waals surface area contributed by atoms with Crippen molar-refractivity contribution in [2.24, 2.45) is 0 Å². The molecule has 0 fully saturated rings. The molecule has 0 saturated heterocycles. The van der Waals surface area contributed by atoms with Crippen LogP contribution in [0, 0.1) is 5.82 Å². The van der Waals surface area contributed by atoms with Crippen LogP contribution in [0.3, 0.4) is 0 Å². The number of carbonyl (C=O) groups excluding carboxylic acids is 1. The Morgan fingerprint density at radius 1 is 1.43 bits per heavy atom. The quantitative estimate of drug-likeness (QED) is 0.676. The largest absolute Gasteiger partial charge is 0.385 e. The Bertz CT molecular complexity index is 640. The van der Waals surface area contributed by atoms with Crippen LogP contribution in [-0.4, -0.2) is 47.4 Å². The molecule has 0 aromatic heterocycles. The van der Waals surface area contributed by atoms with Crippen molar-refractivity contribution in [3.8, 4) is 0 Å². The van der Waals surface area contributed by atoms with Gasteiger partial charge in [-0.2, -0.15) is 0 Å². The van der Waals surface area contributed by atoms with Gasteiger partial charge in [0.05, 0.1) is 17.0 Å². The molecule has 0 radical (unpaired) electrons. The number of hydrogen-bond acceptors (Lipinski definition) is 4. The molecule has 0 saturated carbocycles. The summed E-state index contributed by atoms with van der Waals surface area (Å²) in [6.07, 6.45) is 1.67. The van der Waals surface area contributed by atoms with Crippen LogP contribution in [0.2, 0.25) is 5.02 Å². The Labute approximate surface area is 140 Å². The van der Waals surface area contributed by atoms with Crippen molar-refractivity contribution in [1.29, 1.82) is 0 Å². The van der Waals surface area contributed by atoms with Gasteiger partial charge in [-0.3, -0.25) is 9.10 Å². The van der Waals surface area contributed by atoms with E-state index < -0.39 is 15.8 Å². The zero-order valence-corrected chi connectivity index (χ0v) is 14.6. The van der Waals surface area contributed by atoms with Gasteiger partial charge in [0.15, 0.2) is 0 Å². The van der Waals surface area contributed by atoms with E-state index in [9.17, 15) is 17.6 Å². The fourth-order valence-corrected chi connectivity index (χ4v) is 2.96. The molecule has 1 amide bonds. The van der Waals surface area contributed by atoms with Gasteiger partial charge in [-0.1, -0.05) is 11.6 Å². The van der Waals surface area contributed by atoms with Gasteiger partial charge in [-0.15, -0.1) is 0 Å². The van der Waals surface area contributed by atoms with Crippen molar-refractivity contribution in [2.45, 2.75) is 12.8 Å². The van der Waals surface area contributed by atoms with Crippen LogP contribution in [0.15, 0.2) is 18.2 Å². The molecule has 1 aromatic carbocycles. The third kappa shape index (κ3) is 6.72. The van der Waals surface area contributed by atoms with E-state index in [0.29, 0.717) is 19.6 Å². The van der Waals surface area contributed by atoms with Crippen molar-refractivity contribution >= 4 is 33.2 Å². The summed E-state index contributed by atoms with van der Waals surface area (Å²) in [6.45, 7) is 0.925. The predicted octanol–water partition coefficient (Wildman–Crippen LogP) is 1.79. The number of sulfonamides is 1. The Balaban J connectivity index is 2.70. The van der Waals surface area contributed by atoms with Crippen LogP contribution in [0.5, 0.6) is 0 Å². The van der Waals surface area contributed by atoms with Crippen LogP contribution in [0.1, 0.15) is 12.8 Å². The van der Waals surface area contributed by atoms with E-state index >= 15 is 0 Å². The van der Waals surface area contributed by atoms with Crippen LogP contribution in [-0.2, 0) is 19.6 Å². The maximum atomic E-state index is 13.2. The number of hydrogen-bond donors (Lipinski definition) is 1. The fourth-order valence-electron chi connectivity index (χ4n) is 1.86. The number of ether oxygens (including phenoxy) is 1. The summed E-state index contributed by atoms with van der Waals surface area (Å²) in [6, 6.07) is 3.61. The minimum absolute atomic E-state index is 0.0188. The number of methoxy groups -OCH3 is 1. The molecule has 6 nitrogen and oxygen atoms in total. The van der Waals surface area contributed by atoms with Crippen molar-refractivity contribution < 1.29 is 22.3 Å². The second-order valence-electron chi connectivity index (χ2n) is 4.88. The van der Waals surface area contributed by atoms with E-state index in [4.69, 9.17) is 16.3 Å². The fraction of sp³-hybridized carbons (Fsp3) is 0.500. The number of amides is 1. The number of benzene rings is 1. The highest BCUT2D eigenvalue weighted by molar-refractivity contribution is 7.92.